The Morgan fingerprint density at radius 1 is 1.13 bits per heavy atom. The predicted octanol–water partition coefficient (Wildman–Crippen LogP) is 2.99. The Hall–Kier alpha value is -2.87. The van der Waals surface area contributed by atoms with Gasteiger partial charge in [-0.3, -0.25) is 9.48 Å². The van der Waals surface area contributed by atoms with Crippen LogP contribution in [-0.4, -0.2) is 58.4 Å². The molecule has 2 saturated heterocycles. The fraction of sp³-hybridized carbons (Fsp3) is 0.522. The fourth-order valence-electron chi connectivity index (χ4n) is 4.93. The van der Waals surface area contributed by atoms with E-state index >= 15 is 0 Å². The number of benzene rings is 1. The summed E-state index contributed by atoms with van der Waals surface area (Å²) in [6.45, 7) is 7.35. The predicted molar refractivity (Wildman–Crippen MR) is 117 cm³/mol. The summed E-state index contributed by atoms with van der Waals surface area (Å²) in [5.74, 6) is 0.242. The second-order valence-corrected chi connectivity index (χ2v) is 8.56. The summed E-state index contributed by atoms with van der Waals surface area (Å²) < 4.78 is 13.6. The van der Waals surface area contributed by atoms with Gasteiger partial charge in [-0.25, -0.2) is 0 Å². The number of hydrogen-bond donors (Lipinski definition) is 0. The molecule has 0 radical (unpaired) electrons. The maximum Gasteiger partial charge on any atom is 0.298 e. The molecule has 0 spiro atoms. The lowest BCUT2D eigenvalue weighted by Gasteiger charge is -2.40. The van der Waals surface area contributed by atoms with Crippen molar-refractivity contribution < 1.29 is 13.9 Å². The molecular formula is C23H29N5O3. The number of para-hydroxylation sites is 2. The average molecular weight is 424 g/mol. The van der Waals surface area contributed by atoms with Crippen LogP contribution < -0.4 is 4.90 Å². The van der Waals surface area contributed by atoms with E-state index in [0.29, 0.717) is 25.8 Å². The molecule has 1 aromatic carbocycles. The summed E-state index contributed by atoms with van der Waals surface area (Å²) in [4.78, 5) is 22.3. The Labute approximate surface area is 181 Å². The van der Waals surface area contributed by atoms with Crippen LogP contribution >= 0.6 is 0 Å². The molecule has 1 atom stereocenters. The number of fused-ring (bicyclic) bond motifs is 1. The molecule has 5 rings (SSSR count). The molecule has 2 fully saturated rings. The summed E-state index contributed by atoms with van der Waals surface area (Å²) in [5.41, 5.74) is 4.86. The highest BCUT2D eigenvalue weighted by atomic mass is 16.5. The smallest absolute Gasteiger partial charge is 0.298 e. The van der Waals surface area contributed by atoms with Gasteiger partial charge in [-0.15, -0.1) is 0 Å². The minimum Gasteiger partial charge on any atom is -0.423 e. The van der Waals surface area contributed by atoms with Crippen LogP contribution in [-0.2, 0) is 16.6 Å². The summed E-state index contributed by atoms with van der Waals surface area (Å²) >= 11 is 0. The van der Waals surface area contributed by atoms with E-state index in [9.17, 15) is 4.79 Å². The summed E-state index contributed by atoms with van der Waals surface area (Å²) in [6, 6.07) is 8.39. The highest BCUT2D eigenvalue weighted by Gasteiger charge is 2.37. The third kappa shape index (κ3) is 3.59. The number of carbonyl (C=O) groups is 1. The van der Waals surface area contributed by atoms with E-state index in [0.717, 1.165) is 54.0 Å². The molecule has 0 aliphatic carbocycles. The van der Waals surface area contributed by atoms with Crippen LogP contribution in [0.5, 0.6) is 0 Å². The minimum atomic E-state index is -0.0648. The van der Waals surface area contributed by atoms with Crippen molar-refractivity contribution >= 4 is 23.0 Å². The Kier molecular flexibility index (Phi) is 5.17. The topological polar surface area (TPSA) is 76.6 Å². The molecule has 2 aromatic heterocycles. The number of piperidine rings is 1. The van der Waals surface area contributed by atoms with Crippen LogP contribution in [0.1, 0.15) is 35.8 Å². The number of morpholine rings is 1. The molecule has 31 heavy (non-hydrogen) atoms. The van der Waals surface area contributed by atoms with Gasteiger partial charge in [-0.05, 0) is 38.8 Å². The number of rotatable bonds is 3. The zero-order valence-electron chi connectivity index (χ0n) is 18.4. The number of carbonyl (C=O) groups excluding carboxylic acids is 1. The standard InChI is InChI=1S/C23H29N5O3/c1-15-21(16(2)26(3)25-15)19-14-30-13-12-28(19)22(29)17-8-10-27(11-9-17)23-24-18-6-4-5-7-20(18)31-23/h4-7,17,19H,8-14H2,1-3H3/t19-/m1/s1. The van der Waals surface area contributed by atoms with E-state index in [1.165, 1.54) is 0 Å². The second kappa shape index (κ2) is 8.00. The Bertz CT molecular complexity index is 1060. The van der Waals surface area contributed by atoms with Crippen LogP contribution in [0.3, 0.4) is 0 Å². The van der Waals surface area contributed by atoms with Crippen molar-refractivity contribution in [1.29, 1.82) is 0 Å². The zero-order valence-corrected chi connectivity index (χ0v) is 18.4. The molecule has 164 valence electrons. The van der Waals surface area contributed by atoms with Gasteiger partial charge < -0.3 is 19.0 Å². The lowest BCUT2D eigenvalue weighted by Crippen LogP contribution is -2.48. The number of amides is 1. The van der Waals surface area contributed by atoms with Gasteiger partial charge in [0.15, 0.2) is 5.58 Å². The van der Waals surface area contributed by atoms with Crippen molar-refractivity contribution in [3.05, 3.63) is 41.2 Å². The monoisotopic (exact) mass is 423 g/mol. The van der Waals surface area contributed by atoms with Crippen molar-refractivity contribution in [2.45, 2.75) is 32.7 Å². The number of nitrogens with zero attached hydrogens (tertiary/aromatic N) is 5. The van der Waals surface area contributed by atoms with Gasteiger partial charge in [0.1, 0.15) is 5.52 Å². The lowest BCUT2D eigenvalue weighted by molar-refractivity contribution is -0.145. The van der Waals surface area contributed by atoms with E-state index in [2.05, 4.69) is 21.9 Å². The quantitative estimate of drug-likeness (QED) is 0.645. The van der Waals surface area contributed by atoms with Crippen molar-refractivity contribution in [2.24, 2.45) is 13.0 Å². The first kappa shape index (κ1) is 20.1. The van der Waals surface area contributed by atoms with E-state index in [-0.39, 0.29) is 17.9 Å². The molecule has 0 saturated carbocycles. The molecule has 0 N–H and O–H groups in total. The average Bonchev–Trinajstić information content (AvgIpc) is 3.33. The van der Waals surface area contributed by atoms with Crippen molar-refractivity contribution in [2.75, 3.05) is 37.7 Å². The lowest BCUT2D eigenvalue weighted by atomic mass is 9.93. The van der Waals surface area contributed by atoms with Gasteiger partial charge in [-0.1, -0.05) is 12.1 Å². The number of aromatic nitrogens is 3. The fourth-order valence-corrected chi connectivity index (χ4v) is 4.93. The van der Waals surface area contributed by atoms with Crippen LogP contribution in [0.2, 0.25) is 0 Å². The van der Waals surface area contributed by atoms with Crippen molar-refractivity contribution in [3.63, 3.8) is 0 Å². The molecule has 3 aromatic rings. The molecule has 0 bridgehead atoms. The normalized spacial score (nSPS) is 20.5. The van der Waals surface area contributed by atoms with Gasteiger partial charge in [-0.2, -0.15) is 10.1 Å². The summed E-state index contributed by atoms with van der Waals surface area (Å²) in [7, 11) is 1.95. The number of oxazole rings is 1. The van der Waals surface area contributed by atoms with Crippen LogP contribution in [0.15, 0.2) is 28.7 Å². The second-order valence-electron chi connectivity index (χ2n) is 8.56. The molecular weight excluding hydrogens is 394 g/mol. The molecule has 0 unspecified atom stereocenters. The Balaban J connectivity index is 1.29. The minimum absolute atomic E-state index is 0.0125. The molecule has 8 nitrogen and oxygen atoms in total. The first-order valence-corrected chi connectivity index (χ1v) is 11.0. The summed E-state index contributed by atoms with van der Waals surface area (Å²) in [6.07, 6.45) is 1.60. The maximum absolute atomic E-state index is 13.5. The number of hydrogen-bond acceptors (Lipinski definition) is 6. The van der Waals surface area contributed by atoms with Crippen LogP contribution in [0.25, 0.3) is 11.1 Å². The van der Waals surface area contributed by atoms with Gasteiger partial charge in [0.25, 0.3) is 6.01 Å². The van der Waals surface area contributed by atoms with E-state index < -0.39 is 0 Å². The summed E-state index contributed by atoms with van der Waals surface area (Å²) in [5, 5.41) is 4.55. The molecule has 2 aliphatic rings. The maximum atomic E-state index is 13.5. The largest absolute Gasteiger partial charge is 0.423 e. The van der Waals surface area contributed by atoms with Gasteiger partial charge >= 0.3 is 0 Å². The number of aryl methyl sites for hydroxylation is 2. The van der Waals surface area contributed by atoms with Crippen molar-refractivity contribution in [3.8, 4) is 0 Å². The highest BCUT2D eigenvalue weighted by Crippen LogP contribution is 2.33. The molecule has 4 heterocycles. The highest BCUT2D eigenvalue weighted by molar-refractivity contribution is 5.80. The third-order valence-electron chi connectivity index (χ3n) is 6.71. The number of ether oxygens (including phenoxy) is 1. The van der Waals surface area contributed by atoms with Crippen LogP contribution in [0.4, 0.5) is 6.01 Å². The van der Waals surface area contributed by atoms with E-state index in [4.69, 9.17) is 9.15 Å². The SMILES string of the molecule is Cc1nn(C)c(C)c1[C@H]1COCCN1C(=O)C1CCN(c2nc3ccccc3o2)CC1. The zero-order chi connectivity index (χ0) is 21.5. The molecule has 2 aliphatic heterocycles. The first-order valence-electron chi connectivity index (χ1n) is 11.0. The van der Waals surface area contributed by atoms with E-state index in [1.807, 2.05) is 47.8 Å². The van der Waals surface area contributed by atoms with Gasteiger partial charge in [0.2, 0.25) is 5.91 Å². The van der Waals surface area contributed by atoms with E-state index in [1.54, 1.807) is 0 Å². The molecule has 1 amide bonds. The Morgan fingerprint density at radius 3 is 2.61 bits per heavy atom. The van der Waals surface area contributed by atoms with Crippen molar-refractivity contribution in [1.82, 2.24) is 19.7 Å². The van der Waals surface area contributed by atoms with Crippen LogP contribution in [0, 0.1) is 19.8 Å². The van der Waals surface area contributed by atoms with Gasteiger partial charge in [0.05, 0.1) is 24.9 Å². The number of anilines is 1. The Morgan fingerprint density at radius 2 is 1.90 bits per heavy atom. The molecule has 8 heteroatoms. The third-order valence-corrected chi connectivity index (χ3v) is 6.71. The first-order chi connectivity index (χ1) is 15.0. The van der Waals surface area contributed by atoms with Gasteiger partial charge in [0, 0.05) is 43.9 Å².